The first-order chi connectivity index (χ1) is 8.72. The lowest BCUT2D eigenvalue weighted by atomic mass is 10.1. The minimum atomic E-state index is 0. The van der Waals surface area contributed by atoms with Gasteiger partial charge in [-0.3, -0.25) is 4.99 Å². The van der Waals surface area contributed by atoms with E-state index in [0.717, 1.165) is 24.2 Å². The van der Waals surface area contributed by atoms with E-state index < -0.39 is 0 Å². The van der Waals surface area contributed by atoms with Crippen molar-refractivity contribution < 1.29 is 4.42 Å². The van der Waals surface area contributed by atoms with Crippen LogP contribution in [-0.2, 0) is 6.54 Å². The van der Waals surface area contributed by atoms with E-state index in [1.54, 1.807) is 13.3 Å². The van der Waals surface area contributed by atoms with Crippen molar-refractivity contribution in [1.82, 2.24) is 10.6 Å². The van der Waals surface area contributed by atoms with E-state index in [0.29, 0.717) is 6.54 Å². The first-order valence-corrected chi connectivity index (χ1v) is 6.69. The molecule has 0 aliphatic heterocycles. The molecular weight excluding hydrogens is 353 g/mol. The van der Waals surface area contributed by atoms with E-state index in [2.05, 4.69) is 29.5 Å². The smallest absolute Gasteiger partial charge is 0.191 e. The van der Waals surface area contributed by atoms with Crippen LogP contribution in [0.15, 0.2) is 27.8 Å². The van der Waals surface area contributed by atoms with Crippen LogP contribution in [0.25, 0.3) is 0 Å². The molecule has 0 fully saturated rings. The maximum Gasteiger partial charge on any atom is 0.191 e. The summed E-state index contributed by atoms with van der Waals surface area (Å²) in [5.74, 6) is 2.54. The van der Waals surface area contributed by atoms with Crippen LogP contribution in [-0.4, -0.2) is 19.6 Å². The summed E-state index contributed by atoms with van der Waals surface area (Å²) >= 11 is 0. The minimum absolute atomic E-state index is 0. The maximum absolute atomic E-state index is 5.25. The fourth-order valence-electron chi connectivity index (χ4n) is 1.69. The Hall–Kier alpha value is -0.720. The number of hydrogen-bond donors (Lipinski definition) is 2. The summed E-state index contributed by atoms with van der Waals surface area (Å²) in [7, 11) is 1.78. The second kappa shape index (κ2) is 11.1. The number of nitrogens with zero attached hydrogens (tertiary/aromatic N) is 1. The zero-order valence-electron chi connectivity index (χ0n) is 12.1. The molecule has 0 saturated heterocycles. The highest BCUT2D eigenvalue weighted by Crippen LogP contribution is 2.05. The highest BCUT2D eigenvalue weighted by Gasteiger charge is 1.99. The van der Waals surface area contributed by atoms with Gasteiger partial charge < -0.3 is 15.1 Å². The van der Waals surface area contributed by atoms with E-state index in [9.17, 15) is 0 Å². The quantitative estimate of drug-likeness (QED) is 0.331. The summed E-state index contributed by atoms with van der Waals surface area (Å²) in [6.07, 6.45) is 5.42. The molecule has 0 saturated carbocycles. The van der Waals surface area contributed by atoms with Crippen LogP contribution in [0.4, 0.5) is 0 Å². The van der Waals surface area contributed by atoms with Crippen LogP contribution in [0.3, 0.4) is 0 Å². The van der Waals surface area contributed by atoms with Gasteiger partial charge in [0.2, 0.25) is 0 Å². The number of guanidine groups is 1. The molecular formula is C14H26IN3O. The summed E-state index contributed by atoms with van der Waals surface area (Å²) in [4.78, 5) is 4.17. The van der Waals surface area contributed by atoms with Gasteiger partial charge in [0, 0.05) is 13.6 Å². The van der Waals surface area contributed by atoms with Gasteiger partial charge in [0.05, 0.1) is 12.8 Å². The van der Waals surface area contributed by atoms with Crippen LogP contribution in [0.1, 0.15) is 38.9 Å². The molecule has 0 aromatic carbocycles. The van der Waals surface area contributed by atoms with Gasteiger partial charge in [-0.05, 0) is 24.5 Å². The molecule has 1 aromatic heterocycles. The molecule has 1 heterocycles. The first-order valence-electron chi connectivity index (χ1n) is 6.69. The second-order valence-corrected chi connectivity index (χ2v) is 4.82. The van der Waals surface area contributed by atoms with Crippen molar-refractivity contribution in [3.05, 3.63) is 24.2 Å². The summed E-state index contributed by atoms with van der Waals surface area (Å²) < 4.78 is 5.25. The van der Waals surface area contributed by atoms with Crippen molar-refractivity contribution in [2.75, 3.05) is 13.6 Å². The van der Waals surface area contributed by atoms with E-state index in [1.165, 1.54) is 19.3 Å². The Morgan fingerprint density at radius 1 is 1.32 bits per heavy atom. The number of rotatable bonds is 7. The molecule has 0 unspecified atom stereocenters. The van der Waals surface area contributed by atoms with Crippen LogP contribution in [0.2, 0.25) is 0 Å². The van der Waals surface area contributed by atoms with Gasteiger partial charge in [0.25, 0.3) is 0 Å². The van der Waals surface area contributed by atoms with Crippen LogP contribution in [0.5, 0.6) is 0 Å². The summed E-state index contributed by atoms with van der Waals surface area (Å²) in [6, 6.07) is 3.84. The highest BCUT2D eigenvalue weighted by atomic mass is 127. The van der Waals surface area contributed by atoms with E-state index in [1.807, 2.05) is 12.1 Å². The molecule has 4 nitrogen and oxygen atoms in total. The van der Waals surface area contributed by atoms with Crippen molar-refractivity contribution in [3.63, 3.8) is 0 Å². The SMILES string of the molecule is CN=C(NCCCCC(C)C)NCc1ccco1.I. The number of nitrogens with one attached hydrogen (secondary N) is 2. The van der Waals surface area contributed by atoms with Gasteiger partial charge in [-0.1, -0.05) is 26.7 Å². The third kappa shape index (κ3) is 8.91. The molecule has 0 aliphatic carbocycles. The molecule has 5 heteroatoms. The fraction of sp³-hybridized carbons (Fsp3) is 0.643. The van der Waals surface area contributed by atoms with Gasteiger partial charge >= 0.3 is 0 Å². The Labute approximate surface area is 133 Å². The molecule has 1 rings (SSSR count). The Balaban J connectivity index is 0.00000324. The number of aliphatic imine (C=N–C) groups is 1. The third-order valence-corrected chi connectivity index (χ3v) is 2.73. The van der Waals surface area contributed by atoms with Crippen LogP contribution in [0, 0.1) is 5.92 Å². The van der Waals surface area contributed by atoms with E-state index in [-0.39, 0.29) is 24.0 Å². The van der Waals surface area contributed by atoms with Gasteiger partial charge in [-0.15, -0.1) is 24.0 Å². The topological polar surface area (TPSA) is 49.6 Å². The van der Waals surface area contributed by atoms with Crippen molar-refractivity contribution in [2.24, 2.45) is 10.9 Å². The molecule has 110 valence electrons. The molecule has 0 bridgehead atoms. The Morgan fingerprint density at radius 2 is 2.11 bits per heavy atom. The number of unbranched alkanes of at least 4 members (excludes halogenated alkanes) is 1. The lowest BCUT2D eigenvalue weighted by molar-refractivity contribution is 0.500. The van der Waals surface area contributed by atoms with Crippen LogP contribution < -0.4 is 10.6 Å². The third-order valence-electron chi connectivity index (χ3n) is 2.73. The normalized spacial score (nSPS) is 11.3. The summed E-state index contributed by atoms with van der Waals surface area (Å²) in [5, 5.41) is 6.52. The summed E-state index contributed by atoms with van der Waals surface area (Å²) in [6.45, 7) is 6.15. The lowest BCUT2D eigenvalue weighted by Gasteiger charge is -2.11. The molecule has 2 N–H and O–H groups in total. The van der Waals surface area contributed by atoms with Crippen molar-refractivity contribution >= 4 is 29.9 Å². The van der Waals surface area contributed by atoms with Crippen LogP contribution >= 0.6 is 24.0 Å². The minimum Gasteiger partial charge on any atom is -0.467 e. The molecule has 0 amide bonds. The maximum atomic E-state index is 5.25. The predicted molar refractivity (Wildman–Crippen MR) is 91.0 cm³/mol. The zero-order valence-corrected chi connectivity index (χ0v) is 14.4. The molecule has 1 aromatic rings. The van der Waals surface area contributed by atoms with E-state index in [4.69, 9.17) is 4.42 Å². The average Bonchev–Trinajstić information content (AvgIpc) is 2.85. The molecule has 0 radical (unpaired) electrons. The summed E-state index contributed by atoms with van der Waals surface area (Å²) in [5.41, 5.74) is 0. The molecule has 0 spiro atoms. The van der Waals surface area contributed by atoms with Gasteiger partial charge in [0.15, 0.2) is 5.96 Å². The Morgan fingerprint density at radius 3 is 2.68 bits per heavy atom. The fourth-order valence-corrected chi connectivity index (χ4v) is 1.69. The number of halogens is 1. The lowest BCUT2D eigenvalue weighted by Crippen LogP contribution is -2.37. The molecule has 0 atom stereocenters. The Kier molecular flexibility index (Phi) is 10.7. The molecule has 19 heavy (non-hydrogen) atoms. The average molecular weight is 379 g/mol. The number of furan rings is 1. The molecule has 0 aliphatic rings. The number of hydrogen-bond acceptors (Lipinski definition) is 2. The van der Waals surface area contributed by atoms with Gasteiger partial charge in [0.1, 0.15) is 5.76 Å². The van der Waals surface area contributed by atoms with Gasteiger partial charge in [-0.25, -0.2) is 0 Å². The zero-order chi connectivity index (χ0) is 13.2. The van der Waals surface area contributed by atoms with E-state index >= 15 is 0 Å². The standard InChI is InChI=1S/C14H25N3O.HI/c1-12(2)7-4-5-9-16-14(15-3)17-11-13-8-6-10-18-13;/h6,8,10,12H,4-5,7,9,11H2,1-3H3,(H2,15,16,17);1H. The monoisotopic (exact) mass is 379 g/mol. The first kappa shape index (κ1) is 18.3. The highest BCUT2D eigenvalue weighted by molar-refractivity contribution is 14.0. The second-order valence-electron chi connectivity index (χ2n) is 4.82. The Bertz CT molecular complexity index is 336. The van der Waals surface area contributed by atoms with Gasteiger partial charge in [-0.2, -0.15) is 0 Å². The predicted octanol–water partition coefficient (Wildman–Crippen LogP) is 3.39. The van der Waals surface area contributed by atoms with Crippen molar-refractivity contribution in [1.29, 1.82) is 0 Å². The largest absolute Gasteiger partial charge is 0.467 e. The van der Waals surface area contributed by atoms with Crippen molar-refractivity contribution in [3.8, 4) is 0 Å². The van der Waals surface area contributed by atoms with Crippen molar-refractivity contribution in [2.45, 2.75) is 39.7 Å².